The molecule has 0 fully saturated rings. The van der Waals surface area contributed by atoms with E-state index in [1.807, 2.05) is 0 Å². The molecule has 0 aromatic heterocycles. The molecule has 1 amide bonds. The number of hydrogen-bond donors (Lipinski definition) is 1. The van der Waals surface area contributed by atoms with Gasteiger partial charge < -0.3 is 18.9 Å². The van der Waals surface area contributed by atoms with E-state index in [1.54, 1.807) is 6.92 Å². The van der Waals surface area contributed by atoms with Crippen molar-refractivity contribution in [2.75, 3.05) is 13.8 Å². The molecular weight excluding hydrogens is 658 g/mol. The van der Waals surface area contributed by atoms with Crippen LogP contribution >= 0.6 is 0 Å². The number of ether oxygens (including phenoxy) is 4. The molecule has 0 aliphatic rings. The van der Waals surface area contributed by atoms with E-state index >= 15 is 0 Å². The van der Waals surface area contributed by atoms with Gasteiger partial charge in [0.05, 0.1) is 7.11 Å². The topological polar surface area (TPSA) is 117 Å². The van der Waals surface area contributed by atoms with Crippen LogP contribution in [-0.2, 0) is 33.3 Å². The van der Waals surface area contributed by atoms with Crippen LogP contribution in [0.2, 0.25) is 0 Å². The SMILES string of the molecule is C=C(C)C(=O)OCNC(=O)OC(CCCCCC)CCCCCCCCCCC(=O)OC(CCCCCC)CCCCCCCCCCC(=O)OC. The number of hydrogen-bond acceptors (Lipinski definition) is 8. The quantitative estimate of drug-likeness (QED) is 0.0220. The Kier molecular flexibility index (Phi) is 34.9. The highest BCUT2D eigenvalue weighted by Crippen LogP contribution is 2.20. The molecular formula is C43H79NO8. The summed E-state index contributed by atoms with van der Waals surface area (Å²) in [5.41, 5.74) is 0.285. The summed E-state index contributed by atoms with van der Waals surface area (Å²) in [6.07, 6.45) is 31.3. The Hall–Kier alpha value is -2.58. The minimum atomic E-state index is -0.551. The molecule has 0 bridgehead atoms. The number of nitrogens with one attached hydrogen (secondary N) is 1. The van der Waals surface area contributed by atoms with Crippen LogP contribution in [0.5, 0.6) is 0 Å². The van der Waals surface area contributed by atoms with E-state index in [4.69, 9.17) is 18.9 Å². The molecule has 52 heavy (non-hydrogen) atoms. The van der Waals surface area contributed by atoms with Crippen LogP contribution in [0.4, 0.5) is 4.79 Å². The summed E-state index contributed by atoms with van der Waals surface area (Å²) in [6.45, 7) is 9.27. The zero-order valence-corrected chi connectivity index (χ0v) is 34.0. The Morgan fingerprint density at radius 3 is 1.29 bits per heavy atom. The number of unbranched alkanes of at least 4 members (excludes halogenated alkanes) is 20. The van der Waals surface area contributed by atoms with Gasteiger partial charge in [0.25, 0.3) is 0 Å². The number of carbonyl (C=O) groups excluding carboxylic acids is 4. The summed E-state index contributed by atoms with van der Waals surface area (Å²) >= 11 is 0. The Labute approximate surface area is 318 Å². The fourth-order valence-electron chi connectivity index (χ4n) is 6.35. The van der Waals surface area contributed by atoms with Crippen LogP contribution in [0.3, 0.4) is 0 Å². The standard InChI is InChI=1S/C43H79NO8/c1-6-8-10-24-30-38(31-26-20-16-12-14-18-22-28-34-40(45)49-5)51-41(46)35-29-23-19-15-13-17-21-27-33-39(32-25-11-9-7-2)52-43(48)44-36-50-42(47)37(3)4/h38-39H,3,6-36H2,1-2,4-5H3,(H,44,48). The van der Waals surface area contributed by atoms with Gasteiger partial charge in [0, 0.05) is 18.4 Å². The van der Waals surface area contributed by atoms with Crippen molar-refractivity contribution in [3.05, 3.63) is 12.2 Å². The third-order valence-electron chi connectivity index (χ3n) is 9.64. The van der Waals surface area contributed by atoms with Crippen LogP contribution in [0.25, 0.3) is 0 Å². The fraction of sp³-hybridized carbons (Fsp3) is 0.860. The van der Waals surface area contributed by atoms with E-state index in [-0.39, 0.29) is 36.5 Å². The summed E-state index contributed by atoms with van der Waals surface area (Å²) in [5.74, 6) is -0.678. The van der Waals surface area contributed by atoms with Crippen molar-refractivity contribution in [1.29, 1.82) is 0 Å². The molecule has 1 N–H and O–H groups in total. The Bertz CT molecular complexity index is 908. The minimum absolute atomic E-state index is 0.0273. The maximum Gasteiger partial charge on any atom is 0.410 e. The highest BCUT2D eigenvalue weighted by molar-refractivity contribution is 5.87. The number of methoxy groups -OCH3 is 1. The average molecular weight is 738 g/mol. The van der Waals surface area contributed by atoms with E-state index in [2.05, 4.69) is 25.7 Å². The van der Waals surface area contributed by atoms with Crippen molar-refractivity contribution in [3.63, 3.8) is 0 Å². The minimum Gasteiger partial charge on any atom is -0.469 e. The van der Waals surface area contributed by atoms with Gasteiger partial charge in [-0.3, -0.25) is 14.9 Å². The molecule has 2 atom stereocenters. The molecule has 0 aliphatic heterocycles. The average Bonchev–Trinajstić information content (AvgIpc) is 3.12. The first-order chi connectivity index (χ1) is 25.2. The summed E-state index contributed by atoms with van der Waals surface area (Å²) < 4.78 is 21.3. The van der Waals surface area contributed by atoms with Crippen molar-refractivity contribution in [2.24, 2.45) is 0 Å². The van der Waals surface area contributed by atoms with Crippen molar-refractivity contribution in [2.45, 2.75) is 226 Å². The zero-order chi connectivity index (χ0) is 38.5. The van der Waals surface area contributed by atoms with Crippen LogP contribution in [0.15, 0.2) is 12.2 Å². The van der Waals surface area contributed by atoms with Crippen LogP contribution < -0.4 is 5.32 Å². The van der Waals surface area contributed by atoms with Gasteiger partial charge in [0.1, 0.15) is 12.2 Å². The fourth-order valence-corrected chi connectivity index (χ4v) is 6.35. The molecule has 0 radical (unpaired) electrons. The summed E-state index contributed by atoms with van der Waals surface area (Å²) in [5, 5.41) is 2.50. The molecule has 0 aromatic carbocycles. The van der Waals surface area contributed by atoms with Crippen molar-refractivity contribution in [1.82, 2.24) is 5.32 Å². The van der Waals surface area contributed by atoms with Gasteiger partial charge in [-0.1, -0.05) is 136 Å². The highest BCUT2D eigenvalue weighted by atomic mass is 16.6. The zero-order valence-electron chi connectivity index (χ0n) is 34.0. The Balaban J connectivity index is 4.16. The lowest BCUT2D eigenvalue weighted by Gasteiger charge is -2.18. The largest absolute Gasteiger partial charge is 0.469 e. The molecule has 0 rings (SSSR count). The number of amides is 1. The van der Waals surface area contributed by atoms with Gasteiger partial charge >= 0.3 is 24.0 Å². The number of rotatable bonds is 37. The summed E-state index contributed by atoms with van der Waals surface area (Å²) in [7, 11) is 1.45. The molecule has 0 aliphatic carbocycles. The lowest BCUT2D eigenvalue weighted by Crippen LogP contribution is -2.31. The molecule has 9 heteroatoms. The van der Waals surface area contributed by atoms with Gasteiger partial charge in [0.15, 0.2) is 6.73 Å². The van der Waals surface area contributed by atoms with Gasteiger partial charge in [0.2, 0.25) is 0 Å². The van der Waals surface area contributed by atoms with Crippen LogP contribution in [-0.4, -0.2) is 50.0 Å². The lowest BCUT2D eigenvalue weighted by molar-refractivity contribution is -0.150. The Morgan fingerprint density at radius 1 is 0.519 bits per heavy atom. The molecule has 9 nitrogen and oxygen atoms in total. The van der Waals surface area contributed by atoms with E-state index in [9.17, 15) is 19.2 Å². The lowest BCUT2D eigenvalue weighted by atomic mass is 10.0. The predicted octanol–water partition coefficient (Wildman–Crippen LogP) is 12.0. The second-order valence-electron chi connectivity index (χ2n) is 14.7. The molecule has 0 aromatic rings. The predicted molar refractivity (Wildman–Crippen MR) is 211 cm³/mol. The maximum atomic E-state index is 12.7. The molecule has 304 valence electrons. The van der Waals surface area contributed by atoms with E-state index in [1.165, 1.54) is 77.7 Å². The summed E-state index contributed by atoms with van der Waals surface area (Å²) in [6, 6.07) is 0. The third kappa shape index (κ3) is 33.3. The Morgan fingerprint density at radius 2 is 0.885 bits per heavy atom. The van der Waals surface area contributed by atoms with Gasteiger partial charge in [-0.05, 0) is 71.1 Å². The van der Waals surface area contributed by atoms with E-state index in [0.29, 0.717) is 12.8 Å². The molecule has 0 saturated heterocycles. The first kappa shape index (κ1) is 49.4. The van der Waals surface area contributed by atoms with Crippen molar-refractivity contribution < 1.29 is 38.1 Å². The first-order valence-electron chi connectivity index (χ1n) is 21.3. The van der Waals surface area contributed by atoms with Crippen molar-refractivity contribution in [3.8, 4) is 0 Å². The summed E-state index contributed by atoms with van der Waals surface area (Å²) in [4.78, 5) is 47.6. The second kappa shape index (κ2) is 36.8. The number of carbonyl (C=O) groups is 4. The van der Waals surface area contributed by atoms with Crippen LogP contribution in [0.1, 0.15) is 213 Å². The molecule has 2 unspecified atom stereocenters. The first-order valence-corrected chi connectivity index (χ1v) is 21.3. The molecule has 0 spiro atoms. The van der Waals surface area contributed by atoms with Gasteiger partial charge in [-0.15, -0.1) is 0 Å². The van der Waals surface area contributed by atoms with Gasteiger partial charge in [-0.25, -0.2) is 9.59 Å². The third-order valence-corrected chi connectivity index (χ3v) is 9.64. The number of alkyl carbamates (subject to hydrolysis) is 1. The van der Waals surface area contributed by atoms with E-state index < -0.39 is 12.1 Å². The second-order valence-corrected chi connectivity index (χ2v) is 14.7. The molecule has 0 saturated carbocycles. The maximum absolute atomic E-state index is 12.7. The van der Waals surface area contributed by atoms with Gasteiger partial charge in [-0.2, -0.15) is 0 Å². The normalized spacial score (nSPS) is 12.2. The number of esters is 3. The molecule has 0 heterocycles. The van der Waals surface area contributed by atoms with E-state index in [0.717, 1.165) is 109 Å². The van der Waals surface area contributed by atoms with Crippen molar-refractivity contribution >= 4 is 24.0 Å². The highest BCUT2D eigenvalue weighted by Gasteiger charge is 2.16. The smallest absolute Gasteiger partial charge is 0.410 e. The van der Waals surface area contributed by atoms with Crippen LogP contribution in [0, 0.1) is 0 Å². The monoisotopic (exact) mass is 738 g/mol.